The maximum Gasteiger partial charge on any atom is 0.440 e. The van der Waals surface area contributed by atoms with E-state index >= 15 is 0 Å². The molecule has 0 unspecified atom stereocenters. The zero-order valence-corrected chi connectivity index (χ0v) is 6.04. The van der Waals surface area contributed by atoms with Crippen molar-refractivity contribution in [3.8, 4) is 0 Å². The number of halogens is 3. The molecule has 1 heterocycles. The summed E-state index contributed by atoms with van der Waals surface area (Å²) in [5, 5.41) is 0. The SMILES string of the molecule is O=[N+]1CC[N+](=O)C1CC(F)(F)F. The summed E-state index contributed by atoms with van der Waals surface area (Å²) in [6, 6.07) is 0. The van der Waals surface area contributed by atoms with Crippen LogP contribution in [0.1, 0.15) is 6.42 Å². The summed E-state index contributed by atoms with van der Waals surface area (Å²) in [4.78, 5) is 21.3. The van der Waals surface area contributed by atoms with E-state index in [0.717, 1.165) is 0 Å². The van der Waals surface area contributed by atoms with Crippen LogP contribution in [0.15, 0.2) is 0 Å². The number of rotatable bonds is 1. The summed E-state index contributed by atoms with van der Waals surface area (Å²) >= 11 is 0. The maximum atomic E-state index is 11.7. The predicted molar refractivity (Wildman–Crippen MR) is 31.4 cm³/mol. The van der Waals surface area contributed by atoms with Gasteiger partial charge in [0.1, 0.15) is 0 Å². The minimum atomic E-state index is -4.46. The molecule has 1 rings (SSSR count). The zero-order chi connectivity index (χ0) is 9.35. The smallest absolute Gasteiger partial charge is 0.170 e. The van der Waals surface area contributed by atoms with E-state index in [9.17, 15) is 23.0 Å². The van der Waals surface area contributed by atoms with Gasteiger partial charge in [0.15, 0.2) is 6.42 Å². The third-order valence-corrected chi connectivity index (χ3v) is 1.62. The molecule has 0 saturated carbocycles. The van der Waals surface area contributed by atoms with Gasteiger partial charge in [0.05, 0.1) is 9.52 Å². The average Bonchev–Trinajstić information content (AvgIpc) is 2.16. The van der Waals surface area contributed by atoms with Gasteiger partial charge in [-0.05, 0) is 0 Å². The van der Waals surface area contributed by atoms with Gasteiger partial charge in [-0.3, -0.25) is 0 Å². The van der Waals surface area contributed by atoms with Crippen molar-refractivity contribution in [1.29, 1.82) is 0 Å². The Morgan fingerprint density at radius 3 is 1.92 bits per heavy atom. The van der Waals surface area contributed by atoms with Gasteiger partial charge < -0.3 is 0 Å². The first-order valence-corrected chi connectivity index (χ1v) is 3.34. The highest BCUT2D eigenvalue weighted by atomic mass is 19.4. The van der Waals surface area contributed by atoms with Crippen molar-refractivity contribution in [1.82, 2.24) is 0 Å². The molecule has 0 bridgehead atoms. The molecule has 0 aromatic rings. The van der Waals surface area contributed by atoms with E-state index in [4.69, 9.17) is 0 Å². The zero-order valence-electron chi connectivity index (χ0n) is 6.04. The molecule has 12 heavy (non-hydrogen) atoms. The fraction of sp³-hybridized carbons (Fsp3) is 1.00. The van der Waals surface area contributed by atoms with Crippen molar-refractivity contribution in [3.05, 3.63) is 9.81 Å². The fourth-order valence-electron chi connectivity index (χ4n) is 1.05. The van der Waals surface area contributed by atoms with Crippen molar-refractivity contribution >= 4 is 0 Å². The normalized spacial score (nSPS) is 20.6. The number of hydrogen-bond donors (Lipinski definition) is 0. The molecule has 1 aliphatic heterocycles. The molecule has 4 nitrogen and oxygen atoms in total. The number of alkyl halides is 3. The van der Waals surface area contributed by atoms with Crippen LogP contribution in [0, 0.1) is 9.81 Å². The Bertz CT molecular complexity index is 209. The lowest BCUT2D eigenvalue weighted by Crippen LogP contribution is -2.30. The van der Waals surface area contributed by atoms with Crippen LogP contribution in [0.3, 0.4) is 0 Å². The first kappa shape index (κ1) is 9.08. The largest absolute Gasteiger partial charge is 0.440 e. The van der Waals surface area contributed by atoms with Crippen LogP contribution >= 0.6 is 0 Å². The first-order chi connectivity index (χ1) is 5.40. The van der Waals surface area contributed by atoms with E-state index < -0.39 is 18.8 Å². The molecule has 68 valence electrons. The van der Waals surface area contributed by atoms with Gasteiger partial charge in [0.2, 0.25) is 0 Å². The van der Waals surface area contributed by atoms with Crippen LogP contribution in [0.25, 0.3) is 0 Å². The second-order valence-electron chi connectivity index (χ2n) is 2.58. The standard InChI is InChI=1S/C5H7F3N2O2/c6-5(7,8)3-4-9(11)1-2-10(4)12/h4H,1-3H2/q+2. The summed E-state index contributed by atoms with van der Waals surface area (Å²) in [5.74, 6) is 0. The van der Waals surface area contributed by atoms with Crippen LogP contribution in [0.5, 0.6) is 0 Å². The van der Waals surface area contributed by atoms with Gasteiger partial charge in [-0.1, -0.05) is 0 Å². The molecule has 0 aromatic heterocycles. The molecule has 0 radical (unpaired) electrons. The van der Waals surface area contributed by atoms with E-state index in [0.29, 0.717) is 0 Å². The Morgan fingerprint density at radius 2 is 1.58 bits per heavy atom. The predicted octanol–water partition coefficient (Wildman–Crippen LogP) is 0.836. The van der Waals surface area contributed by atoms with Crippen LogP contribution < -0.4 is 0 Å². The topological polar surface area (TPSA) is 40.2 Å². The van der Waals surface area contributed by atoms with Crippen molar-refractivity contribution in [2.24, 2.45) is 0 Å². The second-order valence-corrected chi connectivity index (χ2v) is 2.58. The van der Waals surface area contributed by atoms with Crippen molar-refractivity contribution in [2.75, 3.05) is 13.1 Å². The van der Waals surface area contributed by atoms with Gasteiger partial charge in [0.25, 0.3) is 13.1 Å². The minimum absolute atomic E-state index is 0.149. The van der Waals surface area contributed by atoms with E-state index in [1.807, 2.05) is 0 Å². The summed E-state index contributed by atoms with van der Waals surface area (Å²) in [7, 11) is 0. The lowest BCUT2D eigenvalue weighted by atomic mass is 10.3. The molecule has 0 aromatic carbocycles. The monoisotopic (exact) mass is 184 g/mol. The lowest BCUT2D eigenvalue weighted by Gasteiger charge is -2.00. The molecule has 0 aliphatic carbocycles. The van der Waals surface area contributed by atoms with E-state index in [2.05, 4.69) is 0 Å². The van der Waals surface area contributed by atoms with Gasteiger partial charge in [-0.25, -0.2) is 0 Å². The van der Waals surface area contributed by atoms with Crippen molar-refractivity contribution < 1.29 is 22.7 Å². The molecule has 7 heteroatoms. The van der Waals surface area contributed by atoms with Crippen LogP contribution in [0.2, 0.25) is 0 Å². The van der Waals surface area contributed by atoms with Gasteiger partial charge in [0, 0.05) is 9.81 Å². The van der Waals surface area contributed by atoms with Gasteiger partial charge in [-0.2, -0.15) is 13.2 Å². The quantitative estimate of drug-likeness (QED) is 0.566. The Morgan fingerprint density at radius 1 is 1.17 bits per heavy atom. The van der Waals surface area contributed by atoms with Crippen LogP contribution in [-0.4, -0.2) is 35.0 Å². The second kappa shape index (κ2) is 2.80. The van der Waals surface area contributed by atoms with Gasteiger partial charge in [-0.15, -0.1) is 0 Å². The molecule has 0 spiro atoms. The molecule has 0 N–H and O–H groups in total. The van der Waals surface area contributed by atoms with Gasteiger partial charge >= 0.3 is 12.3 Å². The molecular formula is C5H7F3N2O2+2. The molecule has 0 atom stereocenters. The summed E-state index contributed by atoms with van der Waals surface area (Å²) in [5.41, 5.74) is 0. The Labute approximate surface area is 65.5 Å². The highest BCUT2D eigenvalue weighted by Crippen LogP contribution is 2.24. The molecule has 1 fully saturated rings. The first-order valence-electron chi connectivity index (χ1n) is 3.34. The lowest BCUT2D eigenvalue weighted by molar-refractivity contribution is -0.731. The maximum absolute atomic E-state index is 11.7. The molecule has 0 amide bonds. The van der Waals surface area contributed by atoms with E-state index in [1.54, 1.807) is 0 Å². The summed E-state index contributed by atoms with van der Waals surface area (Å²) in [6.45, 7) is -0.297. The highest BCUT2D eigenvalue weighted by Gasteiger charge is 2.54. The Hall–Kier alpha value is -1.01. The third kappa shape index (κ3) is 1.99. The molecule has 1 aliphatic rings. The van der Waals surface area contributed by atoms with Crippen LogP contribution in [-0.2, 0) is 0 Å². The van der Waals surface area contributed by atoms with E-state index in [-0.39, 0.29) is 22.6 Å². The Balaban J connectivity index is 2.62. The van der Waals surface area contributed by atoms with Crippen molar-refractivity contribution in [3.63, 3.8) is 0 Å². The number of nitrogens with zero attached hydrogens (tertiary/aromatic N) is 2. The number of nitroso groups, excluding NO2 is 2. The minimum Gasteiger partial charge on any atom is -0.170 e. The summed E-state index contributed by atoms with van der Waals surface area (Å²) < 4.78 is 35.5. The molecule has 1 saturated heterocycles. The highest BCUT2D eigenvalue weighted by molar-refractivity contribution is 4.55. The average molecular weight is 184 g/mol. The number of hydrogen-bond acceptors (Lipinski definition) is 2. The molecular weight excluding hydrogens is 177 g/mol. The fourth-order valence-corrected chi connectivity index (χ4v) is 1.05. The van der Waals surface area contributed by atoms with Crippen LogP contribution in [0.4, 0.5) is 13.2 Å². The van der Waals surface area contributed by atoms with E-state index in [1.165, 1.54) is 0 Å². The summed E-state index contributed by atoms with van der Waals surface area (Å²) in [6.07, 6.45) is -7.40. The third-order valence-electron chi connectivity index (χ3n) is 1.62. The Kier molecular flexibility index (Phi) is 2.12. The van der Waals surface area contributed by atoms with Crippen molar-refractivity contribution in [2.45, 2.75) is 18.8 Å².